The summed E-state index contributed by atoms with van der Waals surface area (Å²) >= 11 is 0. The van der Waals surface area contributed by atoms with Crippen LogP contribution in [0.15, 0.2) is 11.6 Å². The zero-order chi connectivity index (χ0) is 22.1. The number of aliphatic hydroxyl groups excluding tert-OH is 2. The van der Waals surface area contributed by atoms with Crippen LogP contribution < -0.4 is 0 Å². The number of hydrogen-bond acceptors (Lipinski definition) is 8. The van der Waals surface area contributed by atoms with Gasteiger partial charge in [-0.1, -0.05) is 26.8 Å². The number of aliphatic hydroxyl groups is 2. The molecule has 2 bridgehead atoms. The number of carbonyl (C=O) groups is 2. The first-order valence-electron chi connectivity index (χ1n) is 10.7. The Bertz CT molecular complexity index is 771. The van der Waals surface area contributed by atoms with Crippen molar-refractivity contribution in [2.45, 2.75) is 83.6 Å². The molecule has 168 valence electrons. The molecule has 2 aliphatic carbocycles. The predicted molar refractivity (Wildman–Crippen MR) is 104 cm³/mol. The summed E-state index contributed by atoms with van der Waals surface area (Å²) < 4.78 is 23.4. The largest absolute Gasteiger partial charge is 0.465 e. The first kappa shape index (κ1) is 21.7. The van der Waals surface area contributed by atoms with E-state index in [2.05, 4.69) is 0 Å². The van der Waals surface area contributed by atoms with Crippen molar-refractivity contribution in [2.24, 2.45) is 16.7 Å². The van der Waals surface area contributed by atoms with Crippen LogP contribution in [0.3, 0.4) is 0 Å². The second-order valence-electron chi connectivity index (χ2n) is 9.92. The van der Waals surface area contributed by atoms with Crippen molar-refractivity contribution in [3.05, 3.63) is 11.6 Å². The van der Waals surface area contributed by atoms with E-state index in [-0.39, 0.29) is 18.5 Å². The monoisotopic (exact) mass is 446 g/mol. The summed E-state index contributed by atoms with van der Waals surface area (Å²) in [6, 6.07) is 0. The molecule has 8 nitrogen and oxygen atoms in total. The van der Waals surface area contributed by atoms with E-state index in [0.29, 0.717) is 19.4 Å². The molecule has 0 aromatic carbocycles. The minimum atomic E-state index is -1.13. The molecule has 8 atom stereocenters. The topological polar surface area (TPSA) is 115 Å². The lowest BCUT2D eigenvalue weighted by molar-refractivity contribution is -0.239. The van der Waals surface area contributed by atoms with Crippen molar-refractivity contribution >= 4 is 11.9 Å². The van der Waals surface area contributed by atoms with Gasteiger partial charge in [-0.05, 0) is 18.4 Å². The van der Waals surface area contributed by atoms with Gasteiger partial charge in [0.15, 0.2) is 0 Å². The van der Waals surface area contributed by atoms with Crippen molar-refractivity contribution in [2.75, 3.05) is 13.2 Å². The van der Waals surface area contributed by atoms with E-state index in [4.69, 9.17) is 18.9 Å². The fraction of sp³-hybridized carbons (Fsp3) is 0.818. The summed E-state index contributed by atoms with van der Waals surface area (Å²) in [5, 5.41) is 21.9. The summed E-state index contributed by atoms with van der Waals surface area (Å²) in [6.45, 7) is 9.28. The van der Waals surface area contributed by atoms with Crippen molar-refractivity contribution in [3.63, 3.8) is 0 Å². The molecule has 1 spiro atoms. The zero-order valence-corrected chi connectivity index (χ0v) is 18.2. The van der Waals surface area contributed by atoms with Crippen LogP contribution in [0.25, 0.3) is 0 Å². The van der Waals surface area contributed by atoms with E-state index in [1.165, 1.54) is 6.92 Å². The van der Waals surface area contributed by atoms with Crippen LogP contribution in [-0.2, 0) is 28.5 Å². The molecule has 0 amide bonds. The Labute approximate surface area is 176 Å². The maximum atomic E-state index is 12.4. The summed E-state index contributed by atoms with van der Waals surface area (Å²) in [5.74, 6) is -0.584. The molecule has 0 radical (unpaired) electrons. The number of fused-ring (bicyclic) bond motifs is 2. The molecule has 0 aromatic heterocycles. The van der Waals surface area contributed by atoms with Crippen molar-refractivity contribution in [1.82, 2.24) is 0 Å². The molecule has 2 N–H and O–H groups in total. The van der Waals surface area contributed by atoms with Crippen molar-refractivity contribution in [1.29, 1.82) is 0 Å². The molecule has 0 aromatic rings. The van der Waals surface area contributed by atoms with Gasteiger partial charge in [-0.2, -0.15) is 0 Å². The second kappa shape index (κ2) is 7.02. The van der Waals surface area contributed by atoms with Gasteiger partial charge >= 0.3 is 11.9 Å². The Morgan fingerprint density at radius 2 is 2.00 bits per heavy atom. The van der Waals surface area contributed by atoms with Gasteiger partial charge in [-0.25, -0.2) is 0 Å². The molecular weight excluding hydrogens is 414 g/mol. The van der Waals surface area contributed by atoms with E-state index in [1.54, 1.807) is 0 Å². The Morgan fingerprint density at radius 1 is 1.33 bits per heavy atom. The number of esters is 2. The molecular formula is C22H32O8. The van der Waals surface area contributed by atoms with Crippen molar-refractivity contribution in [3.8, 4) is 0 Å². The SMILES string of the molecule is [13CH3][13C](=O)O[13CH2][13C@]12[13CH2][13C@H](O[13C](=O)[13CH2][13CH]([13CH3])[13CH3])[13C]([13CH3])=[13CH][13C@H]1O[13C@@H]1[13C@H](O)[13C@@H](O)[13C@@]2([13CH3])[13C@]12[13CH2]O2. The summed E-state index contributed by atoms with van der Waals surface area (Å²) in [6.07, 6.45) is -1.50. The minimum Gasteiger partial charge on any atom is -0.465 e. The van der Waals surface area contributed by atoms with Crippen LogP contribution in [-0.4, -0.2) is 71.5 Å². The Kier molecular flexibility index (Phi) is 5.09. The minimum absolute atomic E-state index is 0.0346. The van der Waals surface area contributed by atoms with Crippen LogP contribution in [0.2, 0.25) is 0 Å². The van der Waals surface area contributed by atoms with Gasteiger partial charge in [-0.3, -0.25) is 9.59 Å². The Morgan fingerprint density at radius 3 is 2.57 bits per heavy atom. The smallest absolute Gasteiger partial charge is 0.306 e. The quantitative estimate of drug-likeness (QED) is 0.280. The maximum Gasteiger partial charge on any atom is 0.306 e. The molecule has 0 unspecified atom stereocenters. The molecule has 1 saturated carbocycles. The molecule has 3 fully saturated rings. The summed E-state index contributed by atoms with van der Waals surface area (Å²) in [4.78, 5) is 24.1. The second-order valence-corrected chi connectivity index (χ2v) is 9.92. The van der Waals surface area contributed by atoms with Crippen molar-refractivity contribution < 1.29 is 38.7 Å². The number of epoxide rings is 1. The third-order valence-electron chi connectivity index (χ3n) is 7.74. The normalized spacial score (nSPS) is 46.4. The number of ether oxygens (including phenoxy) is 4. The van der Waals surface area contributed by atoms with Crippen LogP contribution in [0.4, 0.5) is 0 Å². The lowest BCUT2D eigenvalue weighted by atomic mass is 10.5. The van der Waals surface area contributed by atoms with Gasteiger partial charge in [-0.15, -0.1) is 0 Å². The van der Waals surface area contributed by atoms with Gasteiger partial charge < -0.3 is 29.2 Å². The predicted octanol–water partition coefficient (Wildman–Crippen LogP) is 1.12. The third kappa shape index (κ3) is 2.80. The van der Waals surface area contributed by atoms with E-state index in [9.17, 15) is 19.8 Å². The summed E-state index contributed by atoms with van der Waals surface area (Å²) in [7, 11) is 0. The Balaban J connectivity index is 1.75. The van der Waals surface area contributed by atoms with Crippen LogP contribution in [0, 0.1) is 16.7 Å². The lowest BCUT2D eigenvalue weighted by Crippen LogP contribution is -2.67. The van der Waals surface area contributed by atoms with Gasteiger partial charge in [0, 0.05) is 30.6 Å². The van der Waals surface area contributed by atoms with Crippen LogP contribution in [0.5, 0.6) is 0 Å². The van der Waals surface area contributed by atoms with Gasteiger partial charge in [0.1, 0.15) is 30.5 Å². The summed E-state index contributed by atoms with van der Waals surface area (Å²) in [5.41, 5.74) is -1.89. The number of rotatable bonds is 5. The highest BCUT2D eigenvalue weighted by Crippen LogP contribution is 2.71. The first-order chi connectivity index (χ1) is 14.0. The van der Waals surface area contributed by atoms with Crippen LogP contribution >= 0.6 is 0 Å². The van der Waals surface area contributed by atoms with Crippen LogP contribution in [0.1, 0.15) is 47.5 Å². The van der Waals surface area contributed by atoms with E-state index < -0.39 is 52.9 Å². The molecule has 2 saturated heterocycles. The fourth-order valence-corrected chi connectivity index (χ4v) is 5.92. The third-order valence-corrected chi connectivity index (χ3v) is 7.74. The average molecular weight is 446 g/mol. The zero-order valence-electron chi connectivity index (χ0n) is 18.2. The number of carbonyl (C=O) groups excluding carboxylic acids is 2. The standard InChI is InChI=1S/C22H32O8/c1-11(2)6-16(24)29-14-8-21(9-27-13(4)23)15(7-12(14)3)30-19-17(25)18(26)20(21,5)22(19)10-28-22/h7,11,14-15,17-19,25-26H,6,8-10H2,1-5H3/t14-,15+,17+,18+,19+,20+,21+,22-/m0/s1/i1+1,2+1,3+1,4+1,5+1,6+1,7+1,8+1,9+1,10+1,11+1,12+1,13+1,14+1,15+1,16+1,17+1,18+1,19+1,20+1,21+1,22+1. The molecule has 4 rings (SSSR count). The average Bonchev–Trinajstić information content (AvgIpc) is 3.43. The highest BCUT2D eigenvalue weighted by molar-refractivity contribution is 5.70. The molecule has 30 heavy (non-hydrogen) atoms. The Hall–Kier alpha value is -1.48. The fourth-order valence-electron chi connectivity index (χ4n) is 5.92. The van der Waals surface area contributed by atoms with Gasteiger partial charge in [0.05, 0.1) is 18.8 Å². The lowest BCUT2D eigenvalue weighted by Gasteiger charge is -2.58. The van der Waals surface area contributed by atoms with Gasteiger partial charge in [0.2, 0.25) is 0 Å². The number of hydrogen-bond donors (Lipinski definition) is 2. The highest BCUT2D eigenvalue weighted by atomic mass is 16.9. The maximum absolute atomic E-state index is 12.4. The molecule has 8 heteroatoms. The highest BCUT2D eigenvalue weighted by Gasteiger charge is 2.85. The first-order valence-corrected chi connectivity index (χ1v) is 10.7. The van der Waals surface area contributed by atoms with E-state index in [1.807, 2.05) is 33.8 Å². The van der Waals surface area contributed by atoms with E-state index >= 15 is 0 Å². The molecule has 2 heterocycles. The van der Waals surface area contributed by atoms with Gasteiger partial charge in [0.25, 0.3) is 0 Å². The van der Waals surface area contributed by atoms with E-state index in [0.717, 1.165) is 5.57 Å². The molecule has 4 aliphatic rings. The molecule has 2 aliphatic heterocycles.